The first kappa shape index (κ1) is 14.8. The van der Waals surface area contributed by atoms with E-state index in [-0.39, 0.29) is 30.0 Å². The average molecular weight is 286 g/mol. The Labute approximate surface area is 119 Å². The SMILES string of the molecule is CNC(c1cc(F)ccc1Cl)C1C(C)OC(C)C1C. The van der Waals surface area contributed by atoms with E-state index in [0.717, 1.165) is 5.56 Å². The fourth-order valence-electron chi connectivity index (χ4n) is 3.18. The summed E-state index contributed by atoms with van der Waals surface area (Å²) >= 11 is 6.23. The summed E-state index contributed by atoms with van der Waals surface area (Å²) < 4.78 is 19.4. The lowest BCUT2D eigenvalue weighted by Crippen LogP contribution is -2.33. The smallest absolute Gasteiger partial charge is 0.123 e. The van der Waals surface area contributed by atoms with Crippen LogP contribution in [0.25, 0.3) is 0 Å². The largest absolute Gasteiger partial charge is 0.375 e. The zero-order valence-corrected chi connectivity index (χ0v) is 12.5. The van der Waals surface area contributed by atoms with E-state index < -0.39 is 0 Å². The molecule has 2 nitrogen and oxygen atoms in total. The molecule has 0 aromatic heterocycles. The minimum atomic E-state index is -0.257. The van der Waals surface area contributed by atoms with E-state index >= 15 is 0 Å². The Bertz CT molecular complexity index is 454. The third-order valence-electron chi connectivity index (χ3n) is 4.31. The summed E-state index contributed by atoms with van der Waals surface area (Å²) in [5, 5.41) is 3.88. The van der Waals surface area contributed by atoms with Gasteiger partial charge in [-0.1, -0.05) is 18.5 Å². The fourth-order valence-corrected chi connectivity index (χ4v) is 3.41. The van der Waals surface area contributed by atoms with E-state index in [1.165, 1.54) is 12.1 Å². The highest BCUT2D eigenvalue weighted by atomic mass is 35.5. The standard InChI is InChI=1S/C15H21ClFNO/c1-8-9(2)19-10(3)14(8)15(18-4)12-7-11(17)5-6-13(12)16/h5-10,14-15,18H,1-4H3. The van der Waals surface area contributed by atoms with Crippen molar-refractivity contribution in [1.82, 2.24) is 5.32 Å². The molecule has 0 amide bonds. The van der Waals surface area contributed by atoms with E-state index in [4.69, 9.17) is 16.3 Å². The first-order valence-corrected chi connectivity index (χ1v) is 7.11. The molecular weight excluding hydrogens is 265 g/mol. The fraction of sp³-hybridized carbons (Fsp3) is 0.600. The van der Waals surface area contributed by atoms with Crippen LogP contribution in [-0.4, -0.2) is 19.3 Å². The second kappa shape index (κ2) is 5.78. The minimum absolute atomic E-state index is 0.00171. The van der Waals surface area contributed by atoms with Crippen molar-refractivity contribution in [2.24, 2.45) is 11.8 Å². The molecule has 0 spiro atoms. The van der Waals surface area contributed by atoms with Gasteiger partial charge in [-0.3, -0.25) is 0 Å². The first-order chi connectivity index (χ1) is 8.95. The Morgan fingerprint density at radius 1 is 1.26 bits per heavy atom. The molecule has 0 radical (unpaired) electrons. The molecule has 1 N–H and O–H groups in total. The van der Waals surface area contributed by atoms with Crippen molar-refractivity contribution in [3.8, 4) is 0 Å². The molecule has 4 heteroatoms. The normalized spacial score (nSPS) is 32.5. The lowest BCUT2D eigenvalue weighted by atomic mass is 9.80. The van der Waals surface area contributed by atoms with E-state index in [1.54, 1.807) is 6.07 Å². The summed E-state index contributed by atoms with van der Waals surface area (Å²) in [5.41, 5.74) is 0.811. The third-order valence-corrected chi connectivity index (χ3v) is 4.65. The van der Waals surface area contributed by atoms with Crippen LogP contribution in [0.2, 0.25) is 5.02 Å². The molecule has 1 aliphatic heterocycles. The molecule has 106 valence electrons. The molecule has 5 unspecified atom stereocenters. The van der Waals surface area contributed by atoms with Crippen molar-refractivity contribution in [3.05, 3.63) is 34.6 Å². The van der Waals surface area contributed by atoms with Crippen LogP contribution in [0.1, 0.15) is 32.4 Å². The Morgan fingerprint density at radius 2 is 1.95 bits per heavy atom. The molecule has 1 saturated heterocycles. The summed E-state index contributed by atoms with van der Waals surface area (Å²) in [7, 11) is 1.88. The summed E-state index contributed by atoms with van der Waals surface area (Å²) in [5.74, 6) is 0.415. The Balaban J connectivity index is 2.37. The molecule has 5 atom stereocenters. The van der Waals surface area contributed by atoms with E-state index in [9.17, 15) is 4.39 Å². The highest BCUT2D eigenvalue weighted by Gasteiger charge is 2.42. The summed E-state index contributed by atoms with van der Waals surface area (Å²) in [4.78, 5) is 0. The number of halogens is 2. The van der Waals surface area contributed by atoms with Gasteiger partial charge in [0, 0.05) is 17.0 Å². The molecule has 1 heterocycles. The number of benzene rings is 1. The van der Waals surface area contributed by atoms with Crippen molar-refractivity contribution < 1.29 is 9.13 Å². The monoisotopic (exact) mass is 285 g/mol. The lowest BCUT2D eigenvalue weighted by Gasteiger charge is -2.29. The second-order valence-corrected chi connectivity index (χ2v) is 5.82. The summed E-state index contributed by atoms with van der Waals surface area (Å²) in [6.07, 6.45) is 0.338. The maximum absolute atomic E-state index is 13.5. The van der Waals surface area contributed by atoms with Gasteiger partial charge in [0.25, 0.3) is 0 Å². The van der Waals surface area contributed by atoms with Gasteiger partial charge in [-0.2, -0.15) is 0 Å². The maximum Gasteiger partial charge on any atom is 0.123 e. The predicted molar refractivity (Wildman–Crippen MR) is 75.9 cm³/mol. The summed E-state index contributed by atoms with van der Waals surface area (Å²) in [6.45, 7) is 6.33. The van der Waals surface area contributed by atoms with Crippen LogP contribution in [0.15, 0.2) is 18.2 Å². The van der Waals surface area contributed by atoms with Gasteiger partial charge in [0.05, 0.1) is 12.2 Å². The Morgan fingerprint density at radius 3 is 2.47 bits per heavy atom. The quantitative estimate of drug-likeness (QED) is 0.912. The highest BCUT2D eigenvalue weighted by Crippen LogP contribution is 2.42. The molecule has 19 heavy (non-hydrogen) atoms. The predicted octanol–water partition coefficient (Wildman–Crippen LogP) is 3.80. The van der Waals surface area contributed by atoms with Crippen molar-refractivity contribution in [3.63, 3.8) is 0 Å². The van der Waals surface area contributed by atoms with Gasteiger partial charge in [-0.05, 0) is 50.6 Å². The van der Waals surface area contributed by atoms with Crippen LogP contribution in [-0.2, 0) is 4.74 Å². The molecule has 0 aliphatic carbocycles. The lowest BCUT2D eigenvalue weighted by molar-refractivity contribution is 0.0478. The maximum atomic E-state index is 13.5. The van der Waals surface area contributed by atoms with Gasteiger partial charge < -0.3 is 10.1 Å². The Hall–Kier alpha value is -0.640. The molecule has 0 bridgehead atoms. The van der Waals surface area contributed by atoms with Crippen molar-refractivity contribution in [1.29, 1.82) is 0 Å². The van der Waals surface area contributed by atoms with Crippen LogP contribution in [0.4, 0.5) is 4.39 Å². The van der Waals surface area contributed by atoms with Gasteiger partial charge in [0.1, 0.15) is 5.82 Å². The van der Waals surface area contributed by atoms with Gasteiger partial charge in [0.2, 0.25) is 0 Å². The Kier molecular flexibility index (Phi) is 4.49. The molecule has 1 aromatic rings. The van der Waals surface area contributed by atoms with E-state index in [0.29, 0.717) is 10.9 Å². The molecule has 1 fully saturated rings. The third kappa shape index (κ3) is 2.78. The average Bonchev–Trinajstić information content (AvgIpc) is 2.61. The van der Waals surface area contributed by atoms with Crippen LogP contribution in [0, 0.1) is 17.7 Å². The van der Waals surface area contributed by atoms with Crippen molar-refractivity contribution >= 4 is 11.6 Å². The van der Waals surface area contributed by atoms with Gasteiger partial charge in [0.15, 0.2) is 0 Å². The van der Waals surface area contributed by atoms with Crippen LogP contribution in [0.3, 0.4) is 0 Å². The van der Waals surface area contributed by atoms with Crippen LogP contribution >= 0.6 is 11.6 Å². The van der Waals surface area contributed by atoms with Gasteiger partial charge >= 0.3 is 0 Å². The zero-order valence-electron chi connectivity index (χ0n) is 11.8. The molecule has 1 aromatic carbocycles. The minimum Gasteiger partial charge on any atom is -0.375 e. The zero-order chi connectivity index (χ0) is 14.2. The van der Waals surface area contributed by atoms with Gasteiger partial charge in [-0.15, -0.1) is 0 Å². The molecule has 0 saturated carbocycles. The number of rotatable bonds is 3. The molecule has 2 rings (SSSR count). The van der Waals surface area contributed by atoms with E-state index in [1.807, 2.05) is 7.05 Å². The second-order valence-electron chi connectivity index (χ2n) is 5.41. The first-order valence-electron chi connectivity index (χ1n) is 6.73. The summed E-state index contributed by atoms with van der Waals surface area (Å²) in [6, 6.07) is 4.52. The highest BCUT2D eigenvalue weighted by molar-refractivity contribution is 6.31. The van der Waals surface area contributed by atoms with E-state index in [2.05, 4.69) is 26.1 Å². The number of ether oxygens (including phenoxy) is 1. The van der Waals surface area contributed by atoms with Gasteiger partial charge in [-0.25, -0.2) is 4.39 Å². The van der Waals surface area contributed by atoms with Crippen molar-refractivity contribution in [2.45, 2.75) is 39.0 Å². The number of hydrogen-bond donors (Lipinski definition) is 1. The number of nitrogens with one attached hydrogen (secondary N) is 1. The molecule has 1 aliphatic rings. The van der Waals surface area contributed by atoms with Crippen LogP contribution in [0.5, 0.6) is 0 Å². The molecular formula is C15H21ClFNO. The van der Waals surface area contributed by atoms with Crippen molar-refractivity contribution in [2.75, 3.05) is 7.05 Å². The number of hydrogen-bond acceptors (Lipinski definition) is 2. The van der Waals surface area contributed by atoms with Crippen LogP contribution < -0.4 is 5.32 Å². The topological polar surface area (TPSA) is 21.3 Å².